The number of hydrogen-bond donors (Lipinski definition) is 3. The summed E-state index contributed by atoms with van der Waals surface area (Å²) in [6.45, 7) is 7.16. The van der Waals surface area contributed by atoms with Crippen LogP contribution >= 0.6 is 0 Å². The van der Waals surface area contributed by atoms with Crippen molar-refractivity contribution in [3.63, 3.8) is 0 Å². The minimum atomic E-state index is -0.480. The van der Waals surface area contributed by atoms with E-state index in [2.05, 4.69) is 10.6 Å². The molecule has 5 nitrogen and oxygen atoms in total. The average Bonchev–Trinajstić information content (AvgIpc) is 2.15. The van der Waals surface area contributed by atoms with Gasteiger partial charge in [0, 0.05) is 25.1 Å². The molecule has 0 aromatic carbocycles. The summed E-state index contributed by atoms with van der Waals surface area (Å²) in [5, 5.41) is 15.2. The normalized spacial score (nSPS) is 26.2. The van der Waals surface area contributed by atoms with Crippen LogP contribution < -0.4 is 10.6 Å². The molecule has 0 bridgehead atoms. The summed E-state index contributed by atoms with van der Waals surface area (Å²) in [6, 6.07) is 0.00102. The highest BCUT2D eigenvalue weighted by Gasteiger charge is 2.27. The second-order valence-electron chi connectivity index (χ2n) is 5.19. The van der Waals surface area contributed by atoms with Crippen molar-refractivity contribution in [2.24, 2.45) is 5.92 Å². The lowest BCUT2D eigenvalue weighted by Crippen LogP contribution is -2.51. The summed E-state index contributed by atoms with van der Waals surface area (Å²) < 4.78 is 5.18. The maximum Gasteiger partial charge on any atom is 0.407 e. The van der Waals surface area contributed by atoms with Crippen molar-refractivity contribution in [1.29, 1.82) is 0 Å². The Balaban J connectivity index is 2.42. The molecule has 3 N–H and O–H groups in total. The Hall–Kier alpha value is -0.810. The van der Waals surface area contributed by atoms with Crippen LogP contribution in [0.3, 0.4) is 0 Å². The van der Waals surface area contributed by atoms with Crippen LogP contribution in [0.15, 0.2) is 0 Å². The first-order valence-corrected chi connectivity index (χ1v) is 5.73. The molecule has 1 amide bonds. The van der Waals surface area contributed by atoms with E-state index < -0.39 is 11.7 Å². The van der Waals surface area contributed by atoms with Gasteiger partial charge in [-0.05, 0) is 33.7 Å². The van der Waals surface area contributed by atoms with Gasteiger partial charge in [-0.25, -0.2) is 4.79 Å². The molecule has 0 unspecified atom stereocenters. The van der Waals surface area contributed by atoms with Crippen molar-refractivity contribution >= 4 is 6.09 Å². The second-order valence-corrected chi connectivity index (χ2v) is 5.19. The Morgan fingerprint density at radius 2 is 2.25 bits per heavy atom. The summed E-state index contributed by atoms with van der Waals surface area (Å²) in [7, 11) is 0. The van der Waals surface area contributed by atoms with Gasteiger partial charge in [0.15, 0.2) is 0 Å². The molecule has 94 valence electrons. The van der Waals surface area contributed by atoms with E-state index in [9.17, 15) is 9.90 Å². The molecule has 1 aliphatic rings. The van der Waals surface area contributed by atoms with Gasteiger partial charge in [-0.1, -0.05) is 0 Å². The maximum atomic E-state index is 11.6. The summed E-state index contributed by atoms with van der Waals surface area (Å²) in [6.07, 6.45) is 0.419. The van der Waals surface area contributed by atoms with E-state index in [1.54, 1.807) is 0 Å². The highest BCUT2D eigenvalue weighted by atomic mass is 16.6. The van der Waals surface area contributed by atoms with Gasteiger partial charge in [-0.3, -0.25) is 0 Å². The predicted octanol–water partition coefficient (Wildman–Crippen LogP) is 0.481. The predicted molar refractivity (Wildman–Crippen MR) is 61.2 cm³/mol. The minimum Gasteiger partial charge on any atom is -0.444 e. The van der Waals surface area contributed by atoms with Crippen LogP contribution in [0.5, 0.6) is 0 Å². The van der Waals surface area contributed by atoms with Gasteiger partial charge >= 0.3 is 6.09 Å². The number of aliphatic hydroxyl groups is 1. The van der Waals surface area contributed by atoms with E-state index in [0.29, 0.717) is 0 Å². The topological polar surface area (TPSA) is 70.6 Å². The Kier molecular flexibility index (Phi) is 4.56. The minimum absolute atomic E-state index is 0.00102. The molecule has 1 aliphatic heterocycles. The van der Waals surface area contributed by atoms with E-state index in [4.69, 9.17) is 4.74 Å². The summed E-state index contributed by atoms with van der Waals surface area (Å²) in [5.41, 5.74) is -0.480. The van der Waals surface area contributed by atoms with Crippen molar-refractivity contribution in [3.8, 4) is 0 Å². The molecule has 16 heavy (non-hydrogen) atoms. The maximum absolute atomic E-state index is 11.6. The van der Waals surface area contributed by atoms with E-state index in [1.807, 2.05) is 20.8 Å². The third kappa shape index (κ3) is 4.37. The van der Waals surface area contributed by atoms with E-state index in [0.717, 1.165) is 19.5 Å². The lowest BCUT2D eigenvalue weighted by molar-refractivity contribution is 0.0454. The van der Waals surface area contributed by atoms with Gasteiger partial charge in [0.1, 0.15) is 5.60 Å². The zero-order chi connectivity index (χ0) is 12.2. The molecular weight excluding hydrogens is 208 g/mol. The fraction of sp³-hybridized carbons (Fsp3) is 0.909. The van der Waals surface area contributed by atoms with Crippen LogP contribution in [0, 0.1) is 5.92 Å². The van der Waals surface area contributed by atoms with Crippen LogP contribution in [0.1, 0.15) is 27.2 Å². The van der Waals surface area contributed by atoms with Crippen LogP contribution in [-0.2, 0) is 4.74 Å². The van der Waals surface area contributed by atoms with Gasteiger partial charge < -0.3 is 20.5 Å². The number of amides is 1. The SMILES string of the molecule is CC(C)(C)OC(=O)N[C@@H]1CCNC[C@@H]1CO. The monoisotopic (exact) mass is 230 g/mol. The molecule has 2 atom stereocenters. The third-order valence-corrected chi connectivity index (χ3v) is 2.54. The molecule has 5 heteroatoms. The fourth-order valence-corrected chi connectivity index (χ4v) is 1.76. The number of hydrogen-bond acceptors (Lipinski definition) is 4. The zero-order valence-corrected chi connectivity index (χ0v) is 10.2. The molecule has 1 heterocycles. The van der Waals surface area contributed by atoms with E-state index >= 15 is 0 Å². The first kappa shape index (κ1) is 13.3. The van der Waals surface area contributed by atoms with E-state index in [-0.39, 0.29) is 18.6 Å². The number of alkyl carbamates (subject to hydrolysis) is 1. The number of ether oxygens (including phenoxy) is 1. The van der Waals surface area contributed by atoms with Crippen molar-refractivity contribution in [2.45, 2.75) is 38.8 Å². The number of piperidine rings is 1. The largest absolute Gasteiger partial charge is 0.444 e. The number of rotatable bonds is 2. The third-order valence-electron chi connectivity index (χ3n) is 2.54. The number of nitrogens with one attached hydrogen (secondary N) is 2. The van der Waals surface area contributed by atoms with Crippen molar-refractivity contribution in [3.05, 3.63) is 0 Å². The first-order valence-electron chi connectivity index (χ1n) is 5.73. The summed E-state index contributed by atoms with van der Waals surface area (Å²) in [5.74, 6) is 0.0706. The molecule has 0 spiro atoms. The van der Waals surface area contributed by atoms with Crippen LogP contribution in [0.2, 0.25) is 0 Å². The molecule has 0 aliphatic carbocycles. The molecule has 0 aromatic heterocycles. The smallest absolute Gasteiger partial charge is 0.407 e. The molecule has 1 saturated heterocycles. The lowest BCUT2D eigenvalue weighted by atomic mass is 9.94. The molecule has 1 rings (SSSR count). The van der Waals surface area contributed by atoms with Crippen molar-refractivity contribution in [2.75, 3.05) is 19.7 Å². The average molecular weight is 230 g/mol. The van der Waals surface area contributed by atoms with Crippen LogP contribution in [0.25, 0.3) is 0 Å². The van der Waals surface area contributed by atoms with Crippen LogP contribution in [0.4, 0.5) is 4.79 Å². The molecular formula is C11H22N2O3. The summed E-state index contributed by atoms with van der Waals surface area (Å²) >= 11 is 0. The van der Waals surface area contributed by atoms with Crippen LogP contribution in [-0.4, -0.2) is 42.5 Å². The fourth-order valence-electron chi connectivity index (χ4n) is 1.76. The number of carbonyl (C=O) groups excluding carboxylic acids is 1. The van der Waals surface area contributed by atoms with E-state index in [1.165, 1.54) is 0 Å². The van der Waals surface area contributed by atoms with Gasteiger partial charge in [0.25, 0.3) is 0 Å². The van der Waals surface area contributed by atoms with Gasteiger partial charge in [0.05, 0.1) is 0 Å². The summed E-state index contributed by atoms with van der Waals surface area (Å²) in [4.78, 5) is 11.6. The Morgan fingerprint density at radius 1 is 1.56 bits per heavy atom. The molecule has 0 saturated carbocycles. The molecule has 0 aromatic rings. The van der Waals surface area contributed by atoms with Crippen molar-refractivity contribution < 1.29 is 14.6 Å². The van der Waals surface area contributed by atoms with Crippen molar-refractivity contribution in [1.82, 2.24) is 10.6 Å². The molecule has 1 fully saturated rings. The Bertz CT molecular complexity index is 238. The van der Waals surface area contributed by atoms with Gasteiger partial charge in [-0.15, -0.1) is 0 Å². The quantitative estimate of drug-likeness (QED) is 0.645. The zero-order valence-electron chi connectivity index (χ0n) is 10.2. The lowest BCUT2D eigenvalue weighted by Gasteiger charge is -2.32. The highest BCUT2D eigenvalue weighted by Crippen LogP contribution is 2.12. The molecule has 0 radical (unpaired) electrons. The Labute approximate surface area is 96.6 Å². The number of carbonyl (C=O) groups is 1. The highest BCUT2D eigenvalue weighted by molar-refractivity contribution is 5.68. The standard InChI is InChI=1S/C11H22N2O3/c1-11(2,3)16-10(15)13-9-4-5-12-6-8(9)7-14/h8-9,12,14H,4-7H2,1-3H3,(H,13,15)/t8-,9-/m1/s1. The van der Waals surface area contributed by atoms with Gasteiger partial charge in [0.2, 0.25) is 0 Å². The Morgan fingerprint density at radius 3 is 2.81 bits per heavy atom. The number of aliphatic hydroxyl groups excluding tert-OH is 1. The second kappa shape index (κ2) is 5.50. The first-order chi connectivity index (χ1) is 7.42. The van der Waals surface area contributed by atoms with Gasteiger partial charge in [-0.2, -0.15) is 0 Å².